The van der Waals surface area contributed by atoms with Crippen LogP contribution in [0.5, 0.6) is 0 Å². The van der Waals surface area contributed by atoms with Crippen LogP contribution in [0.15, 0.2) is 18.3 Å². The third-order valence-corrected chi connectivity index (χ3v) is 6.31. The second kappa shape index (κ2) is 9.30. The number of aliphatic hydroxyl groups is 1. The van der Waals surface area contributed by atoms with Gasteiger partial charge in [0.2, 0.25) is 0 Å². The van der Waals surface area contributed by atoms with Gasteiger partial charge in [0, 0.05) is 25.3 Å². The first-order valence-electron chi connectivity index (χ1n) is 10.1. The average Bonchev–Trinajstić information content (AvgIpc) is 3.36. The Morgan fingerprint density at radius 1 is 1.13 bits per heavy atom. The molecule has 0 bridgehead atoms. The highest BCUT2D eigenvalue weighted by Gasteiger charge is 2.45. The summed E-state index contributed by atoms with van der Waals surface area (Å²) >= 11 is 0. The van der Waals surface area contributed by atoms with Gasteiger partial charge >= 0.3 is 6.18 Å². The third-order valence-electron chi connectivity index (χ3n) is 6.31. The fourth-order valence-electron chi connectivity index (χ4n) is 4.91. The van der Waals surface area contributed by atoms with E-state index >= 15 is 0 Å². The Morgan fingerprint density at radius 2 is 1.73 bits per heavy atom. The van der Waals surface area contributed by atoms with Gasteiger partial charge in [-0.05, 0) is 62.7 Å². The smallest absolute Gasteiger partial charge is 0.433 e. The summed E-state index contributed by atoms with van der Waals surface area (Å²) in [5, 5.41) is 17.5. The summed E-state index contributed by atoms with van der Waals surface area (Å²) in [4.78, 5) is 28.5. The lowest BCUT2D eigenvalue weighted by molar-refractivity contribution is -0.141. The average molecular weight is 429 g/mol. The number of nitrogens with zero attached hydrogens (tertiary/aromatic N) is 3. The van der Waals surface area contributed by atoms with Crippen molar-refractivity contribution in [3.63, 3.8) is 0 Å². The molecule has 30 heavy (non-hydrogen) atoms. The van der Waals surface area contributed by atoms with Crippen LogP contribution < -0.4 is 0 Å². The van der Waals surface area contributed by atoms with Gasteiger partial charge in [0.15, 0.2) is 0 Å². The van der Waals surface area contributed by atoms with E-state index in [4.69, 9.17) is 9.90 Å². The van der Waals surface area contributed by atoms with E-state index in [-0.39, 0.29) is 36.0 Å². The monoisotopic (exact) mass is 429 g/mol. The highest BCUT2D eigenvalue weighted by Crippen LogP contribution is 2.39. The molecule has 4 rings (SSSR count). The number of alkyl halides is 3. The minimum atomic E-state index is -4.51. The van der Waals surface area contributed by atoms with E-state index < -0.39 is 11.9 Å². The number of hydrogen-bond donors (Lipinski definition) is 2. The van der Waals surface area contributed by atoms with E-state index in [0.717, 1.165) is 31.8 Å². The quantitative estimate of drug-likeness (QED) is 0.700. The SMILES string of the molecule is O=C(c1ccc(C(F)(F)F)nc1)N1C[C@H]2C[C@@H](N3CCCC3)[C@H](O)C[C@H]2C1.O=CO. The maximum Gasteiger partial charge on any atom is 0.433 e. The van der Waals surface area contributed by atoms with E-state index in [9.17, 15) is 23.1 Å². The van der Waals surface area contributed by atoms with Gasteiger partial charge in [0.05, 0.1) is 11.7 Å². The second-order valence-corrected chi connectivity index (χ2v) is 8.11. The Morgan fingerprint density at radius 3 is 2.27 bits per heavy atom. The molecule has 2 N–H and O–H groups in total. The van der Waals surface area contributed by atoms with E-state index in [1.165, 1.54) is 18.9 Å². The zero-order valence-electron chi connectivity index (χ0n) is 16.5. The zero-order chi connectivity index (χ0) is 21.9. The van der Waals surface area contributed by atoms with Gasteiger partial charge in [0.25, 0.3) is 12.4 Å². The Bertz CT molecular complexity index is 738. The number of aromatic nitrogens is 1. The largest absolute Gasteiger partial charge is 0.483 e. The molecule has 3 aliphatic rings. The molecule has 0 spiro atoms. The summed E-state index contributed by atoms with van der Waals surface area (Å²) in [6, 6.07) is 2.21. The van der Waals surface area contributed by atoms with E-state index in [1.54, 1.807) is 4.90 Å². The van der Waals surface area contributed by atoms with Crippen molar-refractivity contribution < 1.29 is 33.0 Å². The maximum absolute atomic E-state index is 12.7. The zero-order valence-corrected chi connectivity index (χ0v) is 16.5. The van der Waals surface area contributed by atoms with Crippen LogP contribution in [0, 0.1) is 11.8 Å². The summed E-state index contributed by atoms with van der Waals surface area (Å²) in [5.74, 6) is 0.313. The number of pyridine rings is 1. The standard InChI is InChI=1S/C19H24F3N3O2.CH2O2/c20-19(21,22)17-4-3-12(9-23-17)18(27)25-10-13-7-15(24-5-1-2-6-24)16(26)8-14(13)11-25;2-1-3/h3-4,9,13-16,26H,1-2,5-8,10-11H2;1H,(H,2,3)/t13-,14+,15-,16-;/m1./s1. The Labute approximate surface area is 172 Å². The molecule has 1 aromatic heterocycles. The van der Waals surface area contributed by atoms with Crippen LogP contribution in [0.1, 0.15) is 41.7 Å². The fourth-order valence-corrected chi connectivity index (χ4v) is 4.91. The molecule has 2 aliphatic heterocycles. The van der Waals surface area contributed by atoms with Crippen LogP contribution in [0.2, 0.25) is 0 Å². The van der Waals surface area contributed by atoms with Gasteiger partial charge in [-0.3, -0.25) is 19.5 Å². The van der Waals surface area contributed by atoms with Crippen molar-refractivity contribution >= 4 is 12.4 Å². The molecular weight excluding hydrogens is 403 g/mol. The van der Waals surface area contributed by atoms with E-state index in [0.29, 0.717) is 25.4 Å². The maximum atomic E-state index is 12.7. The fraction of sp³-hybridized carbons (Fsp3) is 0.650. The highest BCUT2D eigenvalue weighted by atomic mass is 19.4. The van der Waals surface area contributed by atoms with Crippen molar-refractivity contribution in [3.8, 4) is 0 Å². The van der Waals surface area contributed by atoms with Gasteiger partial charge in [-0.15, -0.1) is 0 Å². The van der Waals surface area contributed by atoms with Gasteiger partial charge in [-0.1, -0.05) is 0 Å². The summed E-state index contributed by atoms with van der Waals surface area (Å²) in [7, 11) is 0. The third kappa shape index (κ3) is 4.92. The number of carbonyl (C=O) groups is 2. The van der Waals surface area contributed by atoms with Crippen molar-refractivity contribution in [1.29, 1.82) is 0 Å². The number of fused-ring (bicyclic) bond motifs is 1. The lowest BCUT2D eigenvalue weighted by Crippen LogP contribution is -2.48. The molecule has 1 aliphatic carbocycles. The van der Waals surface area contributed by atoms with Gasteiger partial charge in [-0.2, -0.15) is 13.2 Å². The van der Waals surface area contributed by atoms with Crippen LogP contribution in [-0.2, 0) is 11.0 Å². The van der Waals surface area contributed by atoms with Gasteiger partial charge < -0.3 is 15.1 Å². The first kappa shape index (κ1) is 22.5. The molecule has 2 saturated heterocycles. The summed E-state index contributed by atoms with van der Waals surface area (Å²) in [5.41, 5.74) is -0.816. The first-order valence-corrected chi connectivity index (χ1v) is 10.1. The number of aliphatic hydroxyl groups excluding tert-OH is 1. The number of halogens is 3. The van der Waals surface area contributed by atoms with Crippen LogP contribution in [0.4, 0.5) is 13.2 Å². The Balaban J connectivity index is 0.000000806. The predicted octanol–water partition coefficient (Wildman–Crippen LogP) is 2.11. The Kier molecular flexibility index (Phi) is 6.97. The normalized spacial score (nSPS) is 29.1. The van der Waals surface area contributed by atoms with Crippen LogP contribution in [-0.4, -0.2) is 75.7 Å². The number of likely N-dealkylation sites (tertiary alicyclic amines) is 2. The van der Waals surface area contributed by atoms with E-state index in [2.05, 4.69) is 9.88 Å². The number of carbonyl (C=O) groups excluding carboxylic acids is 1. The molecule has 7 nitrogen and oxygen atoms in total. The molecule has 1 aromatic rings. The molecular formula is C20H26F3N3O4. The van der Waals surface area contributed by atoms with Crippen molar-refractivity contribution in [2.75, 3.05) is 26.2 Å². The molecule has 10 heteroatoms. The van der Waals surface area contributed by atoms with Gasteiger partial charge in [0.1, 0.15) is 5.69 Å². The van der Waals surface area contributed by atoms with Crippen molar-refractivity contribution in [1.82, 2.24) is 14.8 Å². The summed E-state index contributed by atoms with van der Waals surface area (Å²) in [6.07, 6.45) is 0.0278. The topological polar surface area (TPSA) is 94.0 Å². The van der Waals surface area contributed by atoms with Crippen molar-refractivity contribution in [2.24, 2.45) is 11.8 Å². The molecule has 0 unspecified atom stereocenters. The number of rotatable bonds is 2. The van der Waals surface area contributed by atoms with Crippen LogP contribution in [0.25, 0.3) is 0 Å². The number of carboxylic acid groups (broad SMARTS) is 1. The molecule has 0 radical (unpaired) electrons. The molecule has 0 aromatic carbocycles. The van der Waals surface area contributed by atoms with Gasteiger partial charge in [-0.25, -0.2) is 0 Å². The lowest BCUT2D eigenvalue weighted by Gasteiger charge is -2.40. The molecule has 3 heterocycles. The van der Waals surface area contributed by atoms with Crippen molar-refractivity contribution in [3.05, 3.63) is 29.6 Å². The first-order chi connectivity index (χ1) is 14.2. The summed E-state index contributed by atoms with van der Waals surface area (Å²) in [6.45, 7) is 2.95. The van der Waals surface area contributed by atoms with Crippen LogP contribution in [0.3, 0.4) is 0 Å². The molecule has 166 valence electrons. The minimum absolute atomic E-state index is 0.163. The Hall–Kier alpha value is -2.20. The predicted molar refractivity (Wildman–Crippen MR) is 101 cm³/mol. The lowest BCUT2D eigenvalue weighted by atomic mass is 9.77. The van der Waals surface area contributed by atoms with Crippen molar-refractivity contribution in [2.45, 2.75) is 44.0 Å². The number of amides is 1. The minimum Gasteiger partial charge on any atom is -0.483 e. The highest BCUT2D eigenvalue weighted by molar-refractivity contribution is 5.94. The van der Waals surface area contributed by atoms with E-state index in [1.807, 2.05) is 0 Å². The number of hydrogen-bond acceptors (Lipinski definition) is 5. The molecule has 3 fully saturated rings. The molecule has 4 atom stereocenters. The molecule has 1 saturated carbocycles. The second-order valence-electron chi connectivity index (χ2n) is 8.11. The summed E-state index contributed by atoms with van der Waals surface area (Å²) < 4.78 is 37.9. The van der Waals surface area contributed by atoms with Crippen LogP contribution >= 0.6 is 0 Å². The molecule has 1 amide bonds.